The van der Waals surface area contributed by atoms with Crippen molar-refractivity contribution >= 4 is 23.5 Å². The average molecular weight is 256 g/mol. The lowest BCUT2D eigenvalue weighted by Gasteiger charge is -2.36. The molecule has 16 heavy (non-hydrogen) atoms. The molecule has 0 N–H and O–H groups in total. The molecule has 1 aromatic rings. The van der Waals surface area contributed by atoms with Gasteiger partial charge < -0.3 is 4.57 Å². The van der Waals surface area contributed by atoms with Gasteiger partial charge in [0.1, 0.15) is 0 Å². The van der Waals surface area contributed by atoms with Crippen molar-refractivity contribution in [2.45, 2.75) is 49.0 Å². The first-order chi connectivity index (χ1) is 7.68. The van der Waals surface area contributed by atoms with Gasteiger partial charge in [0.25, 0.3) is 0 Å². The number of aromatic nitrogens is 2. The van der Waals surface area contributed by atoms with Crippen LogP contribution >= 0.6 is 23.5 Å². The van der Waals surface area contributed by atoms with Gasteiger partial charge in [-0.15, -0.1) is 23.5 Å². The molecule has 1 aliphatic rings. The highest BCUT2D eigenvalue weighted by molar-refractivity contribution is 8.19. The fourth-order valence-electron chi connectivity index (χ4n) is 2.09. The van der Waals surface area contributed by atoms with Gasteiger partial charge in [-0.3, -0.25) is 0 Å². The molecule has 2 rings (SSSR count). The maximum Gasteiger partial charge on any atom is 0.0945 e. The molecule has 90 valence electrons. The largest absolute Gasteiger partial charge is 0.337 e. The van der Waals surface area contributed by atoms with Gasteiger partial charge >= 0.3 is 0 Å². The van der Waals surface area contributed by atoms with Crippen molar-refractivity contribution in [3.63, 3.8) is 0 Å². The molecule has 0 aliphatic carbocycles. The minimum Gasteiger partial charge on any atom is -0.337 e. The molecule has 1 aliphatic heterocycles. The van der Waals surface area contributed by atoms with Crippen molar-refractivity contribution < 1.29 is 0 Å². The Bertz CT molecular complexity index is 313. The molecule has 0 radical (unpaired) electrons. The molecular formula is C12H20N2S2. The highest BCUT2D eigenvalue weighted by Gasteiger charge is 2.31. The predicted octanol–water partition coefficient (Wildman–Crippen LogP) is 3.64. The predicted molar refractivity (Wildman–Crippen MR) is 74.0 cm³/mol. The van der Waals surface area contributed by atoms with Gasteiger partial charge in [0.2, 0.25) is 0 Å². The molecule has 0 aromatic carbocycles. The first-order valence-corrected chi connectivity index (χ1v) is 7.82. The molecule has 1 fully saturated rings. The minimum absolute atomic E-state index is 0.443. The number of hydrogen-bond donors (Lipinski definition) is 0. The lowest BCUT2D eigenvalue weighted by molar-refractivity contribution is 0.591. The van der Waals surface area contributed by atoms with E-state index in [9.17, 15) is 0 Å². The SMILES string of the molecule is CC1CCSC(C)(CCCn2ccnc2)S1. The van der Waals surface area contributed by atoms with Gasteiger partial charge in [0, 0.05) is 24.2 Å². The molecule has 4 heteroatoms. The van der Waals surface area contributed by atoms with Gasteiger partial charge in [0.15, 0.2) is 0 Å². The van der Waals surface area contributed by atoms with Crippen LogP contribution in [0.3, 0.4) is 0 Å². The third kappa shape index (κ3) is 3.45. The van der Waals surface area contributed by atoms with Crippen molar-refractivity contribution in [2.24, 2.45) is 0 Å². The van der Waals surface area contributed by atoms with Gasteiger partial charge in [-0.25, -0.2) is 4.98 Å². The Morgan fingerprint density at radius 2 is 2.44 bits per heavy atom. The monoisotopic (exact) mass is 256 g/mol. The molecule has 2 nitrogen and oxygen atoms in total. The number of imidazole rings is 1. The lowest BCUT2D eigenvalue weighted by Crippen LogP contribution is -2.25. The Morgan fingerprint density at radius 3 is 3.12 bits per heavy atom. The molecule has 2 heterocycles. The van der Waals surface area contributed by atoms with Gasteiger partial charge in [-0.1, -0.05) is 6.92 Å². The Kier molecular flexibility index (Phi) is 4.25. The van der Waals surface area contributed by atoms with Crippen LogP contribution in [0.1, 0.15) is 33.1 Å². The van der Waals surface area contributed by atoms with Crippen LogP contribution in [0.4, 0.5) is 0 Å². The van der Waals surface area contributed by atoms with E-state index in [2.05, 4.69) is 46.9 Å². The molecule has 1 saturated heterocycles. The molecule has 0 spiro atoms. The molecule has 1 aromatic heterocycles. The second kappa shape index (κ2) is 5.50. The zero-order chi connectivity index (χ0) is 11.4. The Balaban J connectivity index is 1.76. The van der Waals surface area contributed by atoms with Crippen LogP contribution < -0.4 is 0 Å². The van der Waals surface area contributed by atoms with Crippen LogP contribution in [0.25, 0.3) is 0 Å². The van der Waals surface area contributed by atoms with Crippen molar-refractivity contribution in [2.75, 3.05) is 5.75 Å². The zero-order valence-electron chi connectivity index (χ0n) is 10.1. The summed E-state index contributed by atoms with van der Waals surface area (Å²) in [5.74, 6) is 1.33. The summed E-state index contributed by atoms with van der Waals surface area (Å²) in [7, 11) is 0. The van der Waals surface area contributed by atoms with E-state index in [1.54, 1.807) is 0 Å². The van der Waals surface area contributed by atoms with E-state index in [1.165, 1.54) is 25.0 Å². The molecule has 2 unspecified atom stereocenters. The van der Waals surface area contributed by atoms with Crippen molar-refractivity contribution in [1.29, 1.82) is 0 Å². The minimum atomic E-state index is 0.443. The van der Waals surface area contributed by atoms with E-state index < -0.39 is 0 Å². The zero-order valence-corrected chi connectivity index (χ0v) is 11.7. The maximum absolute atomic E-state index is 4.07. The second-order valence-electron chi connectivity index (χ2n) is 4.60. The van der Waals surface area contributed by atoms with Gasteiger partial charge in [-0.2, -0.15) is 0 Å². The summed E-state index contributed by atoms with van der Waals surface area (Å²) in [5.41, 5.74) is 0. The van der Waals surface area contributed by atoms with E-state index in [1.807, 2.05) is 18.7 Å². The summed E-state index contributed by atoms with van der Waals surface area (Å²) in [4.78, 5) is 4.07. The summed E-state index contributed by atoms with van der Waals surface area (Å²) in [6, 6.07) is 0. The Morgan fingerprint density at radius 1 is 1.56 bits per heavy atom. The number of hydrogen-bond acceptors (Lipinski definition) is 3. The molecule has 0 amide bonds. The first-order valence-electron chi connectivity index (χ1n) is 5.95. The van der Waals surface area contributed by atoms with Crippen LogP contribution in [-0.2, 0) is 6.54 Å². The van der Waals surface area contributed by atoms with Crippen molar-refractivity contribution in [3.8, 4) is 0 Å². The highest BCUT2D eigenvalue weighted by atomic mass is 32.2. The van der Waals surface area contributed by atoms with Crippen LogP contribution in [-0.4, -0.2) is 24.6 Å². The average Bonchev–Trinajstić information content (AvgIpc) is 2.69. The standard InChI is InChI=1S/C12H20N2S2/c1-11-4-9-15-12(2,16-11)5-3-7-14-8-6-13-10-14/h6,8,10-11H,3-5,7,9H2,1-2H3. The summed E-state index contributed by atoms with van der Waals surface area (Å²) in [6.07, 6.45) is 9.73. The van der Waals surface area contributed by atoms with E-state index >= 15 is 0 Å². The summed E-state index contributed by atoms with van der Waals surface area (Å²) in [5, 5.41) is 0.833. The summed E-state index contributed by atoms with van der Waals surface area (Å²) in [6.45, 7) is 5.87. The van der Waals surface area contributed by atoms with E-state index in [4.69, 9.17) is 0 Å². The quantitative estimate of drug-likeness (QED) is 0.819. The Labute approximate surface area is 107 Å². The van der Waals surface area contributed by atoms with Gasteiger partial charge in [-0.05, 0) is 31.9 Å². The Hall–Kier alpha value is -0.0900. The number of rotatable bonds is 4. The third-order valence-corrected chi connectivity index (χ3v) is 6.23. The fourth-order valence-corrected chi connectivity index (χ4v) is 5.80. The second-order valence-corrected chi connectivity index (χ2v) is 8.40. The molecule has 2 atom stereocenters. The van der Waals surface area contributed by atoms with Crippen molar-refractivity contribution in [1.82, 2.24) is 9.55 Å². The molecular weight excluding hydrogens is 236 g/mol. The summed E-state index contributed by atoms with van der Waals surface area (Å²) >= 11 is 4.31. The van der Waals surface area contributed by atoms with Crippen LogP contribution in [0, 0.1) is 0 Å². The highest BCUT2D eigenvalue weighted by Crippen LogP contribution is 2.48. The topological polar surface area (TPSA) is 17.8 Å². The number of nitrogens with zero attached hydrogens (tertiary/aromatic N) is 2. The normalized spacial score (nSPS) is 30.5. The van der Waals surface area contributed by atoms with E-state index in [-0.39, 0.29) is 0 Å². The lowest BCUT2D eigenvalue weighted by atomic mass is 10.2. The first kappa shape index (κ1) is 12.4. The van der Waals surface area contributed by atoms with E-state index in [0.717, 1.165) is 11.8 Å². The maximum atomic E-state index is 4.07. The van der Waals surface area contributed by atoms with Crippen LogP contribution in [0.2, 0.25) is 0 Å². The summed E-state index contributed by atoms with van der Waals surface area (Å²) < 4.78 is 2.61. The fraction of sp³-hybridized carbons (Fsp3) is 0.750. The molecule has 0 saturated carbocycles. The van der Waals surface area contributed by atoms with Crippen LogP contribution in [0.15, 0.2) is 18.7 Å². The van der Waals surface area contributed by atoms with Crippen LogP contribution in [0.5, 0.6) is 0 Å². The number of aryl methyl sites for hydroxylation is 1. The smallest absolute Gasteiger partial charge is 0.0945 e. The van der Waals surface area contributed by atoms with Gasteiger partial charge in [0.05, 0.1) is 10.4 Å². The third-order valence-electron chi connectivity index (χ3n) is 2.99. The van der Waals surface area contributed by atoms with E-state index in [0.29, 0.717) is 4.08 Å². The number of thioether (sulfide) groups is 2. The van der Waals surface area contributed by atoms with Crippen molar-refractivity contribution in [3.05, 3.63) is 18.7 Å². The molecule has 0 bridgehead atoms.